The average Bonchev–Trinajstić information content (AvgIpc) is 2.48. The fourth-order valence-corrected chi connectivity index (χ4v) is 2.49. The first-order chi connectivity index (χ1) is 10.6. The van der Waals surface area contributed by atoms with Gasteiger partial charge in [-0.15, -0.1) is 0 Å². The molecule has 22 heavy (non-hydrogen) atoms. The molecule has 0 saturated carbocycles. The molecule has 116 valence electrons. The minimum Gasteiger partial charge on any atom is -0.325 e. The Labute approximate surface area is 140 Å². The highest BCUT2D eigenvalue weighted by molar-refractivity contribution is 6.36. The van der Waals surface area contributed by atoms with Crippen molar-refractivity contribution >= 4 is 34.8 Å². The highest BCUT2D eigenvalue weighted by Gasteiger charge is 2.06. The third-order valence-corrected chi connectivity index (χ3v) is 3.86. The third kappa shape index (κ3) is 5.02. The molecule has 0 radical (unpaired) electrons. The average molecular weight is 337 g/mol. The molecule has 0 aliphatic carbocycles. The van der Waals surface area contributed by atoms with Crippen LogP contribution in [0.25, 0.3) is 0 Å². The summed E-state index contributed by atoms with van der Waals surface area (Å²) in [7, 11) is 0. The Morgan fingerprint density at radius 3 is 2.64 bits per heavy atom. The number of amides is 1. The summed E-state index contributed by atoms with van der Waals surface area (Å²) in [5.74, 6) is -0.0819. The zero-order valence-corrected chi connectivity index (χ0v) is 13.8. The summed E-state index contributed by atoms with van der Waals surface area (Å²) in [6, 6.07) is 13.2. The Balaban J connectivity index is 1.75. The van der Waals surface area contributed by atoms with Gasteiger partial charge in [-0.3, -0.25) is 4.79 Å². The molecule has 0 heterocycles. The van der Waals surface area contributed by atoms with Crippen molar-refractivity contribution in [3.05, 3.63) is 63.6 Å². The molecule has 0 bridgehead atoms. The maximum absolute atomic E-state index is 11.9. The Bertz CT molecular complexity index is 659. The third-order valence-electron chi connectivity index (χ3n) is 3.31. The van der Waals surface area contributed by atoms with Crippen molar-refractivity contribution in [2.45, 2.75) is 19.9 Å². The summed E-state index contributed by atoms with van der Waals surface area (Å²) < 4.78 is 0. The van der Waals surface area contributed by atoms with Gasteiger partial charge in [-0.25, -0.2) is 0 Å². The van der Waals surface area contributed by atoms with Gasteiger partial charge in [0.2, 0.25) is 5.91 Å². The van der Waals surface area contributed by atoms with Gasteiger partial charge < -0.3 is 10.6 Å². The van der Waals surface area contributed by atoms with Crippen LogP contribution in [0, 0.1) is 6.92 Å². The van der Waals surface area contributed by atoms with Gasteiger partial charge in [0.25, 0.3) is 0 Å². The monoisotopic (exact) mass is 336 g/mol. The molecule has 0 aliphatic rings. The zero-order valence-electron chi connectivity index (χ0n) is 12.3. The van der Waals surface area contributed by atoms with Gasteiger partial charge in [0.05, 0.1) is 10.7 Å². The van der Waals surface area contributed by atoms with Crippen LogP contribution in [0.3, 0.4) is 0 Å². The van der Waals surface area contributed by atoms with Gasteiger partial charge >= 0.3 is 0 Å². The zero-order chi connectivity index (χ0) is 15.9. The highest BCUT2D eigenvalue weighted by Crippen LogP contribution is 2.25. The molecule has 0 atom stereocenters. The van der Waals surface area contributed by atoms with E-state index in [1.54, 1.807) is 18.2 Å². The van der Waals surface area contributed by atoms with E-state index in [9.17, 15) is 4.79 Å². The van der Waals surface area contributed by atoms with E-state index >= 15 is 0 Å². The molecule has 3 nitrogen and oxygen atoms in total. The number of halogens is 2. The Kier molecular flexibility index (Phi) is 6.25. The molecule has 1 amide bonds. The number of anilines is 1. The first kappa shape index (κ1) is 16.8. The summed E-state index contributed by atoms with van der Waals surface area (Å²) in [6.07, 6.45) is 0.380. The van der Waals surface area contributed by atoms with Crippen molar-refractivity contribution in [3.8, 4) is 0 Å². The number of carbonyl (C=O) groups excluding carboxylic acids is 1. The van der Waals surface area contributed by atoms with Crippen LogP contribution in [0.2, 0.25) is 10.0 Å². The lowest BCUT2D eigenvalue weighted by atomic mass is 10.1. The fraction of sp³-hybridized carbons (Fsp3) is 0.235. The van der Waals surface area contributed by atoms with Crippen molar-refractivity contribution in [1.29, 1.82) is 0 Å². The Hall–Kier alpha value is -1.55. The van der Waals surface area contributed by atoms with E-state index in [-0.39, 0.29) is 5.91 Å². The molecule has 2 N–H and O–H groups in total. The van der Waals surface area contributed by atoms with Crippen LogP contribution in [0.4, 0.5) is 5.69 Å². The highest BCUT2D eigenvalue weighted by atomic mass is 35.5. The van der Waals surface area contributed by atoms with Crippen LogP contribution in [0.15, 0.2) is 42.5 Å². The molecule has 0 fully saturated rings. The van der Waals surface area contributed by atoms with E-state index in [0.29, 0.717) is 28.7 Å². The standard InChI is InChI=1S/C17H18Cl2N2O/c1-12-4-2-3-5-13(12)11-20-9-8-17(22)21-16-7-6-14(18)10-15(16)19/h2-7,10,20H,8-9,11H2,1H3,(H,21,22). The van der Waals surface area contributed by atoms with E-state index < -0.39 is 0 Å². The maximum atomic E-state index is 11.9. The molecule has 2 aromatic rings. The van der Waals surface area contributed by atoms with Crippen molar-refractivity contribution in [3.63, 3.8) is 0 Å². The number of benzene rings is 2. The molecule has 0 unspecified atom stereocenters. The molecule has 2 rings (SSSR count). The van der Waals surface area contributed by atoms with Crippen molar-refractivity contribution in [2.75, 3.05) is 11.9 Å². The topological polar surface area (TPSA) is 41.1 Å². The van der Waals surface area contributed by atoms with E-state index in [1.165, 1.54) is 11.1 Å². The Morgan fingerprint density at radius 1 is 1.14 bits per heavy atom. The largest absolute Gasteiger partial charge is 0.325 e. The van der Waals surface area contributed by atoms with E-state index in [1.807, 2.05) is 12.1 Å². The van der Waals surface area contributed by atoms with Crippen LogP contribution < -0.4 is 10.6 Å². The van der Waals surface area contributed by atoms with Crippen LogP contribution in [0.5, 0.6) is 0 Å². The van der Waals surface area contributed by atoms with Gasteiger partial charge in [0.15, 0.2) is 0 Å². The second-order valence-corrected chi connectivity index (χ2v) is 5.87. The second kappa shape index (κ2) is 8.18. The number of carbonyl (C=O) groups is 1. The van der Waals surface area contributed by atoms with Gasteiger partial charge in [-0.1, -0.05) is 47.5 Å². The smallest absolute Gasteiger partial charge is 0.225 e. The molecule has 0 aromatic heterocycles. The lowest BCUT2D eigenvalue weighted by Gasteiger charge is -2.09. The molecule has 5 heteroatoms. The van der Waals surface area contributed by atoms with Crippen LogP contribution in [-0.4, -0.2) is 12.5 Å². The lowest BCUT2D eigenvalue weighted by molar-refractivity contribution is -0.116. The van der Waals surface area contributed by atoms with E-state index in [4.69, 9.17) is 23.2 Å². The number of hydrogen-bond acceptors (Lipinski definition) is 2. The van der Waals surface area contributed by atoms with Crippen molar-refractivity contribution in [2.24, 2.45) is 0 Å². The van der Waals surface area contributed by atoms with Crippen molar-refractivity contribution < 1.29 is 4.79 Å². The lowest BCUT2D eigenvalue weighted by Crippen LogP contribution is -2.21. The van der Waals surface area contributed by atoms with Gasteiger partial charge in [-0.2, -0.15) is 0 Å². The maximum Gasteiger partial charge on any atom is 0.225 e. The number of nitrogens with one attached hydrogen (secondary N) is 2. The number of hydrogen-bond donors (Lipinski definition) is 2. The molecule has 0 saturated heterocycles. The summed E-state index contributed by atoms with van der Waals surface area (Å²) >= 11 is 11.8. The SMILES string of the molecule is Cc1ccccc1CNCCC(=O)Nc1ccc(Cl)cc1Cl. The molecular weight excluding hydrogens is 319 g/mol. The minimum atomic E-state index is -0.0819. The fourth-order valence-electron chi connectivity index (χ4n) is 2.04. The van der Waals surface area contributed by atoms with Crippen LogP contribution in [0.1, 0.15) is 17.5 Å². The summed E-state index contributed by atoms with van der Waals surface area (Å²) in [6.45, 7) is 3.43. The number of rotatable bonds is 6. The Morgan fingerprint density at radius 2 is 1.91 bits per heavy atom. The van der Waals surface area contributed by atoms with Gasteiger partial charge in [0.1, 0.15) is 0 Å². The second-order valence-electron chi connectivity index (χ2n) is 5.03. The molecule has 0 spiro atoms. The van der Waals surface area contributed by atoms with E-state index in [2.05, 4.69) is 29.7 Å². The summed E-state index contributed by atoms with van der Waals surface area (Å²) in [5, 5.41) is 7.03. The first-order valence-electron chi connectivity index (χ1n) is 7.06. The van der Waals surface area contributed by atoms with Crippen LogP contribution in [-0.2, 0) is 11.3 Å². The predicted molar refractivity (Wildman–Crippen MR) is 92.6 cm³/mol. The molecule has 0 aliphatic heterocycles. The van der Waals surface area contributed by atoms with E-state index in [0.717, 1.165) is 6.54 Å². The quantitative estimate of drug-likeness (QED) is 0.766. The predicted octanol–water partition coefficient (Wildman–Crippen LogP) is 4.42. The normalized spacial score (nSPS) is 10.5. The number of aryl methyl sites for hydroxylation is 1. The van der Waals surface area contributed by atoms with Gasteiger partial charge in [-0.05, 0) is 36.2 Å². The first-order valence-corrected chi connectivity index (χ1v) is 7.82. The molecular formula is C17H18Cl2N2O. The summed E-state index contributed by atoms with van der Waals surface area (Å²) in [5.41, 5.74) is 3.06. The molecule has 2 aromatic carbocycles. The minimum absolute atomic E-state index is 0.0819. The van der Waals surface area contributed by atoms with Gasteiger partial charge in [0, 0.05) is 24.5 Å². The summed E-state index contributed by atoms with van der Waals surface area (Å²) in [4.78, 5) is 11.9. The van der Waals surface area contributed by atoms with Crippen molar-refractivity contribution in [1.82, 2.24) is 5.32 Å². The van der Waals surface area contributed by atoms with Crippen LogP contribution >= 0.6 is 23.2 Å².